The lowest BCUT2D eigenvalue weighted by molar-refractivity contribution is 0.0928. The number of thiophene rings is 1. The second kappa shape index (κ2) is 10.1. The minimum atomic E-state index is -3.78. The first-order valence-electron chi connectivity index (χ1n) is 10.2. The van der Waals surface area contributed by atoms with Gasteiger partial charge in [-0.15, -0.1) is 11.3 Å². The zero-order valence-corrected chi connectivity index (χ0v) is 19.8. The van der Waals surface area contributed by atoms with Gasteiger partial charge in [0.1, 0.15) is 9.77 Å². The quantitative estimate of drug-likeness (QED) is 0.589. The molecule has 1 fully saturated rings. The molecule has 2 heterocycles. The lowest BCUT2D eigenvalue weighted by Crippen LogP contribution is -2.47. The topological polar surface area (TPSA) is 95.6 Å². The van der Waals surface area contributed by atoms with E-state index in [1.807, 2.05) is 13.8 Å². The van der Waals surface area contributed by atoms with E-state index in [0.29, 0.717) is 10.6 Å². The van der Waals surface area contributed by atoms with Crippen molar-refractivity contribution < 1.29 is 18.0 Å². The summed E-state index contributed by atoms with van der Waals surface area (Å²) in [6, 6.07) is 7.96. The summed E-state index contributed by atoms with van der Waals surface area (Å²) < 4.78 is 28.1. The van der Waals surface area contributed by atoms with Gasteiger partial charge >= 0.3 is 0 Å². The summed E-state index contributed by atoms with van der Waals surface area (Å²) in [7, 11) is -3.78. The fraction of sp³-hybridized carbons (Fsp3) is 0.429. The molecule has 2 atom stereocenters. The SMILES string of the molecule is C[C@@H]1CCC[C@H](C)N1S(=O)(=O)c1ccsc1C(=O)NCCNC(=O)c1ccccc1Cl. The van der Waals surface area contributed by atoms with Crippen LogP contribution in [-0.4, -0.2) is 49.7 Å². The number of rotatable bonds is 7. The Labute approximate surface area is 191 Å². The van der Waals surface area contributed by atoms with Gasteiger partial charge in [-0.1, -0.05) is 30.2 Å². The summed E-state index contributed by atoms with van der Waals surface area (Å²) in [4.78, 5) is 25.0. The summed E-state index contributed by atoms with van der Waals surface area (Å²) >= 11 is 7.10. The van der Waals surface area contributed by atoms with E-state index in [0.717, 1.165) is 30.6 Å². The first kappa shape index (κ1) is 23.7. The third kappa shape index (κ3) is 5.28. The molecule has 0 radical (unpaired) electrons. The average Bonchev–Trinajstić information content (AvgIpc) is 3.22. The van der Waals surface area contributed by atoms with E-state index >= 15 is 0 Å². The van der Waals surface area contributed by atoms with Crippen molar-refractivity contribution in [1.29, 1.82) is 0 Å². The Morgan fingerprint density at radius 1 is 1.06 bits per heavy atom. The number of piperidine rings is 1. The molecular formula is C21H26ClN3O4S2. The summed E-state index contributed by atoms with van der Waals surface area (Å²) in [6.45, 7) is 4.15. The van der Waals surface area contributed by atoms with Crippen LogP contribution in [0.5, 0.6) is 0 Å². The van der Waals surface area contributed by atoms with Crippen LogP contribution in [-0.2, 0) is 10.0 Å². The van der Waals surface area contributed by atoms with E-state index < -0.39 is 15.9 Å². The van der Waals surface area contributed by atoms with Gasteiger partial charge in [0.25, 0.3) is 11.8 Å². The standard InChI is InChI=1S/C21H26ClN3O4S2/c1-14-6-5-7-15(2)25(14)31(28,29)18-10-13-30-19(18)21(27)24-12-11-23-20(26)16-8-3-4-9-17(16)22/h3-4,8-10,13-15H,5-7,11-12H2,1-2H3,(H,23,26)(H,24,27)/t14-,15+. The van der Waals surface area contributed by atoms with Crippen LogP contribution in [0.15, 0.2) is 40.6 Å². The Morgan fingerprint density at radius 2 is 1.68 bits per heavy atom. The molecule has 1 saturated heterocycles. The number of sulfonamides is 1. The van der Waals surface area contributed by atoms with Crippen LogP contribution in [0.4, 0.5) is 0 Å². The number of nitrogens with one attached hydrogen (secondary N) is 2. The number of carbonyl (C=O) groups excluding carboxylic acids is 2. The van der Waals surface area contributed by atoms with Crippen molar-refractivity contribution in [3.8, 4) is 0 Å². The number of benzene rings is 1. The van der Waals surface area contributed by atoms with E-state index in [9.17, 15) is 18.0 Å². The molecule has 2 N–H and O–H groups in total. The van der Waals surface area contributed by atoms with Gasteiger partial charge in [0.2, 0.25) is 10.0 Å². The summed E-state index contributed by atoms with van der Waals surface area (Å²) in [5.74, 6) is -0.815. The zero-order chi connectivity index (χ0) is 22.6. The first-order valence-corrected chi connectivity index (χ1v) is 12.8. The number of hydrogen-bond donors (Lipinski definition) is 2. The minimum Gasteiger partial charge on any atom is -0.350 e. The van der Waals surface area contributed by atoms with Crippen LogP contribution < -0.4 is 10.6 Å². The van der Waals surface area contributed by atoms with Crippen LogP contribution in [0.1, 0.15) is 53.1 Å². The fourth-order valence-electron chi connectivity index (χ4n) is 3.82. The van der Waals surface area contributed by atoms with E-state index in [1.54, 1.807) is 29.6 Å². The normalized spacial score (nSPS) is 19.7. The van der Waals surface area contributed by atoms with Crippen molar-refractivity contribution in [3.05, 3.63) is 51.2 Å². The first-order chi connectivity index (χ1) is 14.7. The van der Waals surface area contributed by atoms with Gasteiger partial charge in [-0.25, -0.2) is 8.42 Å². The second-order valence-corrected chi connectivity index (χ2v) is 10.7. The molecular weight excluding hydrogens is 458 g/mol. The van der Waals surface area contributed by atoms with E-state index in [2.05, 4.69) is 10.6 Å². The molecule has 0 bridgehead atoms. The van der Waals surface area contributed by atoms with Gasteiger partial charge in [0.15, 0.2) is 0 Å². The molecule has 0 spiro atoms. The maximum absolute atomic E-state index is 13.3. The van der Waals surface area contributed by atoms with Gasteiger partial charge < -0.3 is 10.6 Å². The lowest BCUT2D eigenvalue weighted by Gasteiger charge is -2.37. The van der Waals surface area contributed by atoms with Crippen molar-refractivity contribution in [3.63, 3.8) is 0 Å². The molecule has 0 saturated carbocycles. The highest BCUT2D eigenvalue weighted by atomic mass is 35.5. The Bertz CT molecular complexity index is 1040. The number of nitrogens with zero attached hydrogens (tertiary/aromatic N) is 1. The van der Waals surface area contributed by atoms with Crippen LogP contribution in [0.3, 0.4) is 0 Å². The van der Waals surface area contributed by atoms with Crippen molar-refractivity contribution >= 4 is 44.8 Å². The molecule has 1 aliphatic heterocycles. The molecule has 1 aromatic heterocycles. The summed E-state index contributed by atoms with van der Waals surface area (Å²) in [5.41, 5.74) is 0.354. The van der Waals surface area contributed by atoms with E-state index in [4.69, 9.17) is 11.6 Å². The lowest BCUT2D eigenvalue weighted by atomic mass is 10.0. The van der Waals surface area contributed by atoms with Gasteiger partial charge in [-0.3, -0.25) is 9.59 Å². The van der Waals surface area contributed by atoms with Crippen molar-refractivity contribution in [1.82, 2.24) is 14.9 Å². The number of amides is 2. The van der Waals surface area contributed by atoms with E-state index in [-0.39, 0.29) is 40.9 Å². The molecule has 2 aromatic rings. The fourth-order valence-corrected chi connectivity index (χ4v) is 7.25. The number of hydrogen-bond acceptors (Lipinski definition) is 5. The largest absolute Gasteiger partial charge is 0.350 e. The highest BCUT2D eigenvalue weighted by molar-refractivity contribution is 7.89. The van der Waals surface area contributed by atoms with Gasteiger partial charge in [0.05, 0.1) is 10.6 Å². The maximum atomic E-state index is 13.3. The summed E-state index contributed by atoms with van der Waals surface area (Å²) in [6.07, 6.45) is 2.60. The molecule has 10 heteroatoms. The smallest absolute Gasteiger partial charge is 0.262 e. The molecule has 1 aromatic carbocycles. The van der Waals surface area contributed by atoms with Crippen molar-refractivity contribution in [2.75, 3.05) is 13.1 Å². The molecule has 168 valence electrons. The van der Waals surface area contributed by atoms with E-state index in [1.165, 1.54) is 10.4 Å². The predicted octanol–water partition coefficient (Wildman–Crippen LogP) is 3.51. The van der Waals surface area contributed by atoms with Gasteiger partial charge in [-0.2, -0.15) is 4.31 Å². The molecule has 0 unspecified atom stereocenters. The summed E-state index contributed by atoms with van der Waals surface area (Å²) in [5, 5.41) is 7.33. The molecule has 31 heavy (non-hydrogen) atoms. The van der Waals surface area contributed by atoms with Crippen LogP contribution in [0.25, 0.3) is 0 Å². The van der Waals surface area contributed by atoms with Crippen molar-refractivity contribution in [2.24, 2.45) is 0 Å². The molecule has 3 rings (SSSR count). The Morgan fingerprint density at radius 3 is 2.32 bits per heavy atom. The van der Waals surface area contributed by atoms with Crippen LogP contribution in [0, 0.1) is 0 Å². The highest BCUT2D eigenvalue weighted by Gasteiger charge is 2.38. The van der Waals surface area contributed by atoms with Gasteiger partial charge in [-0.05, 0) is 50.3 Å². The minimum absolute atomic E-state index is 0.0377. The third-order valence-corrected chi connectivity index (χ3v) is 8.86. The molecule has 7 nitrogen and oxygen atoms in total. The average molecular weight is 484 g/mol. The Balaban J connectivity index is 1.62. The number of carbonyl (C=O) groups is 2. The monoisotopic (exact) mass is 483 g/mol. The highest BCUT2D eigenvalue weighted by Crippen LogP contribution is 2.32. The predicted molar refractivity (Wildman–Crippen MR) is 122 cm³/mol. The zero-order valence-electron chi connectivity index (χ0n) is 17.4. The Kier molecular flexibility index (Phi) is 7.74. The van der Waals surface area contributed by atoms with Crippen LogP contribution >= 0.6 is 22.9 Å². The van der Waals surface area contributed by atoms with Crippen LogP contribution in [0.2, 0.25) is 5.02 Å². The molecule has 2 amide bonds. The Hall–Kier alpha value is -1.94. The second-order valence-electron chi connectivity index (χ2n) is 7.57. The molecule has 0 aliphatic carbocycles. The number of halogens is 1. The van der Waals surface area contributed by atoms with Crippen molar-refractivity contribution in [2.45, 2.75) is 50.1 Å². The van der Waals surface area contributed by atoms with Gasteiger partial charge in [0, 0.05) is 25.2 Å². The third-order valence-electron chi connectivity index (χ3n) is 5.32. The molecule has 1 aliphatic rings. The maximum Gasteiger partial charge on any atom is 0.262 e.